The van der Waals surface area contributed by atoms with Gasteiger partial charge >= 0.3 is 5.97 Å². The smallest absolute Gasteiger partial charge is 0.311 e. The molecule has 0 aliphatic heterocycles. The van der Waals surface area contributed by atoms with E-state index < -0.39 is 5.41 Å². The molecule has 2 aromatic rings. The third kappa shape index (κ3) is 2.92. The van der Waals surface area contributed by atoms with E-state index in [4.69, 9.17) is 4.74 Å². The lowest BCUT2D eigenvalue weighted by atomic mass is 9.85. The van der Waals surface area contributed by atoms with Crippen LogP contribution in [0, 0.1) is 5.41 Å². The summed E-state index contributed by atoms with van der Waals surface area (Å²) in [4.78, 5) is 16.4. The van der Waals surface area contributed by atoms with Crippen molar-refractivity contribution in [2.45, 2.75) is 27.2 Å². The van der Waals surface area contributed by atoms with E-state index in [1.54, 1.807) is 6.20 Å². The predicted octanol–water partition coefficient (Wildman–Crippen LogP) is 3.37. The minimum atomic E-state index is -0.540. The molecule has 0 atom stereocenters. The van der Waals surface area contributed by atoms with Gasteiger partial charge in [-0.25, -0.2) is 0 Å². The molecule has 0 N–H and O–H groups in total. The van der Waals surface area contributed by atoms with E-state index in [0.29, 0.717) is 13.0 Å². The Morgan fingerprint density at radius 3 is 2.74 bits per heavy atom. The predicted molar refractivity (Wildman–Crippen MR) is 75.9 cm³/mol. The van der Waals surface area contributed by atoms with Crippen LogP contribution >= 0.6 is 0 Å². The number of pyridine rings is 1. The maximum Gasteiger partial charge on any atom is 0.311 e. The summed E-state index contributed by atoms with van der Waals surface area (Å²) in [6.45, 7) is 6.06. The Morgan fingerprint density at radius 2 is 2.00 bits per heavy atom. The molecule has 1 aromatic heterocycles. The van der Waals surface area contributed by atoms with Gasteiger partial charge in [0.15, 0.2) is 0 Å². The average Bonchev–Trinajstić information content (AvgIpc) is 2.39. The van der Waals surface area contributed by atoms with Crippen molar-refractivity contribution >= 4 is 16.9 Å². The molecule has 0 spiro atoms. The molecular formula is C16H19NO2. The number of hydrogen-bond acceptors (Lipinski definition) is 3. The number of hydrogen-bond donors (Lipinski definition) is 0. The molecule has 0 bridgehead atoms. The Bertz CT molecular complexity index is 585. The second-order valence-corrected chi connectivity index (χ2v) is 5.27. The number of aromatic nitrogens is 1. The first kappa shape index (κ1) is 13.5. The summed E-state index contributed by atoms with van der Waals surface area (Å²) in [5.41, 5.74) is 1.50. The first-order chi connectivity index (χ1) is 9.04. The summed E-state index contributed by atoms with van der Waals surface area (Å²) in [6.07, 6.45) is 2.41. The number of carbonyl (C=O) groups is 1. The van der Waals surface area contributed by atoms with E-state index in [2.05, 4.69) is 4.98 Å². The number of ether oxygens (including phenoxy) is 1. The van der Waals surface area contributed by atoms with Crippen molar-refractivity contribution in [2.75, 3.05) is 6.61 Å². The molecule has 0 saturated heterocycles. The molecular weight excluding hydrogens is 238 g/mol. The topological polar surface area (TPSA) is 39.2 Å². The second-order valence-electron chi connectivity index (χ2n) is 5.27. The molecule has 0 radical (unpaired) electrons. The monoisotopic (exact) mass is 257 g/mol. The molecule has 2 rings (SSSR count). The molecule has 0 unspecified atom stereocenters. The summed E-state index contributed by atoms with van der Waals surface area (Å²) in [5.74, 6) is -0.164. The highest BCUT2D eigenvalue weighted by Crippen LogP contribution is 2.27. The molecule has 0 aliphatic carbocycles. The molecule has 0 fully saturated rings. The van der Waals surface area contributed by atoms with Crippen molar-refractivity contribution < 1.29 is 9.53 Å². The Balaban J connectivity index is 2.33. The summed E-state index contributed by atoms with van der Waals surface area (Å²) < 4.78 is 5.13. The molecule has 19 heavy (non-hydrogen) atoms. The molecule has 0 aliphatic rings. The van der Waals surface area contributed by atoms with Crippen LogP contribution in [0.3, 0.4) is 0 Å². The lowest BCUT2D eigenvalue weighted by Gasteiger charge is -2.22. The number of nitrogens with zero attached hydrogens (tertiary/aromatic N) is 1. The van der Waals surface area contributed by atoms with Crippen molar-refractivity contribution in [1.29, 1.82) is 0 Å². The molecule has 0 amide bonds. The summed E-state index contributed by atoms with van der Waals surface area (Å²) >= 11 is 0. The first-order valence-electron chi connectivity index (χ1n) is 6.54. The number of benzene rings is 1. The van der Waals surface area contributed by atoms with Gasteiger partial charge in [0.25, 0.3) is 0 Å². The van der Waals surface area contributed by atoms with E-state index in [-0.39, 0.29) is 5.97 Å². The van der Waals surface area contributed by atoms with Gasteiger partial charge in [0.2, 0.25) is 0 Å². The maximum absolute atomic E-state index is 12.0. The van der Waals surface area contributed by atoms with Gasteiger partial charge in [-0.15, -0.1) is 0 Å². The Labute approximate surface area is 113 Å². The van der Waals surface area contributed by atoms with Gasteiger partial charge < -0.3 is 4.74 Å². The minimum absolute atomic E-state index is 0.164. The highest BCUT2D eigenvalue weighted by molar-refractivity contribution is 5.83. The van der Waals surface area contributed by atoms with E-state index in [1.165, 1.54) is 0 Å². The first-order valence-corrected chi connectivity index (χ1v) is 6.54. The number of esters is 1. The van der Waals surface area contributed by atoms with Gasteiger partial charge in [0.1, 0.15) is 0 Å². The number of para-hydroxylation sites is 1. The number of fused-ring (bicyclic) bond motifs is 1. The second kappa shape index (κ2) is 5.39. The maximum atomic E-state index is 12.0. The van der Waals surface area contributed by atoms with Gasteiger partial charge in [-0.1, -0.05) is 24.3 Å². The largest absolute Gasteiger partial charge is 0.466 e. The quantitative estimate of drug-likeness (QED) is 0.788. The standard InChI is InChI=1S/C16H19NO2/c1-4-19-15(18)16(2,3)11-13-8-5-7-12-9-6-10-17-14(12)13/h5-10H,4,11H2,1-3H3. The van der Waals surface area contributed by atoms with Crippen molar-refractivity contribution in [2.24, 2.45) is 5.41 Å². The van der Waals surface area contributed by atoms with Crippen molar-refractivity contribution in [3.05, 3.63) is 42.1 Å². The van der Waals surface area contributed by atoms with Crippen LogP contribution in [-0.4, -0.2) is 17.6 Å². The Hall–Kier alpha value is -1.90. The van der Waals surface area contributed by atoms with Crippen LogP contribution in [0.25, 0.3) is 10.9 Å². The SMILES string of the molecule is CCOC(=O)C(C)(C)Cc1cccc2cccnc12. The van der Waals surface area contributed by atoms with E-state index in [0.717, 1.165) is 16.5 Å². The molecule has 1 heterocycles. The molecule has 3 nitrogen and oxygen atoms in total. The third-order valence-electron chi connectivity index (χ3n) is 3.18. The fourth-order valence-electron chi connectivity index (χ4n) is 2.18. The summed E-state index contributed by atoms with van der Waals surface area (Å²) in [6, 6.07) is 10.0. The van der Waals surface area contributed by atoms with Crippen LogP contribution < -0.4 is 0 Å². The van der Waals surface area contributed by atoms with Gasteiger partial charge in [0, 0.05) is 11.6 Å². The van der Waals surface area contributed by atoms with E-state index in [1.807, 2.05) is 51.1 Å². The van der Waals surface area contributed by atoms with Gasteiger partial charge in [-0.2, -0.15) is 0 Å². The highest BCUT2D eigenvalue weighted by atomic mass is 16.5. The fraction of sp³-hybridized carbons (Fsp3) is 0.375. The Kier molecular flexibility index (Phi) is 3.84. The highest BCUT2D eigenvalue weighted by Gasteiger charge is 2.30. The normalized spacial score (nSPS) is 11.5. The minimum Gasteiger partial charge on any atom is -0.466 e. The fourth-order valence-corrected chi connectivity index (χ4v) is 2.18. The number of carbonyl (C=O) groups excluding carboxylic acids is 1. The van der Waals surface area contributed by atoms with E-state index >= 15 is 0 Å². The van der Waals surface area contributed by atoms with Crippen molar-refractivity contribution in [3.8, 4) is 0 Å². The molecule has 100 valence electrons. The Morgan fingerprint density at radius 1 is 1.26 bits per heavy atom. The molecule has 3 heteroatoms. The van der Waals surface area contributed by atoms with Crippen molar-refractivity contribution in [1.82, 2.24) is 4.98 Å². The van der Waals surface area contributed by atoms with Crippen molar-refractivity contribution in [3.63, 3.8) is 0 Å². The lowest BCUT2D eigenvalue weighted by Crippen LogP contribution is -2.29. The average molecular weight is 257 g/mol. The zero-order chi connectivity index (χ0) is 13.9. The van der Waals surface area contributed by atoms with Crippen LogP contribution in [0.1, 0.15) is 26.3 Å². The van der Waals surface area contributed by atoms with Crippen LogP contribution in [0.5, 0.6) is 0 Å². The molecule has 1 aromatic carbocycles. The van der Waals surface area contributed by atoms with Gasteiger partial charge in [0.05, 0.1) is 17.5 Å². The summed E-state index contributed by atoms with van der Waals surface area (Å²) in [7, 11) is 0. The van der Waals surface area contributed by atoms with Crippen LogP contribution in [0.4, 0.5) is 0 Å². The van der Waals surface area contributed by atoms with Crippen LogP contribution in [-0.2, 0) is 16.0 Å². The lowest BCUT2D eigenvalue weighted by molar-refractivity contribution is -0.153. The van der Waals surface area contributed by atoms with Gasteiger partial charge in [-0.3, -0.25) is 9.78 Å². The van der Waals surface area contributed by atoms with Gasteiger partial charge in [-0.05, 0) is 38.8 Å². The summed E-state index contributed by atoms with van der Waals surface area (Å²) in [5, 5.41) is 1.10. The van der Waals surface area contributed by atoms with E-state index in [9.17, 15) is 4.79 Å². The zero-order valence-corrected chi connectivity index (χ0v) is 11.6. The van der Waals surface area contributed by atoms with Crippen LogP contribution in [0.2, 0.25) is 0 Å². The zero-order valence-electron chi connectivity index (χ0n) is 11.6. The number of rotatable bonds is 4. The third-order valence-corrected chi connectivity index (χ3v) is 3.18. The van der Waals surface area contributed by atoms with Crippen LogP contribution in [0.15, 0.2) is 36.5 Å². The molecule has 0 saturated carbocycles.